The number of halogens is 1. The minimum atomic E-state index is -1.08. The van der Waals surface area contributed by atoms with Gasteiger partial charge in [-0.1, -0.05) is 12.1 Å². The van der Waals surface area contributed by atoms with Gasteiger partial charge in [-0.3, -0.25) is 4.98 Å². The summed E-state index contributed by atoms with van der Waals surface area (Å²) in [4.78, 5) is 15.7. The third-order valence-electron chi connectivity index (χ3n) is 3.35. The van der Waals surface area contributed by atoms with E-state index in [0.717, 1.165) is 22.7 Å². The van der Waals surface area contributed by atoms with E-state index in [0.29, 0.717) is 11.1 Å². The molecule has 3 aromatic rings. The van der Waals surface area contributed by atoms with E-state index in [4.69, 9.17) is 0 Å². The van der Waals surface area contributed by atoms with Crippen LogP contribution in [0.4, 0.5) is 4.39 Å². The van der Waals surface area contributed by atoms with E-state index in [1.165, 1.54) is 12.1 Å². The number of aromatic nitrogens is 1. The number of aromatic carboxylic acids is 1. The van der Waals surface area contributed by atoms with Crippen LogP contribution in [0.3, 0.4) is 0 Å². The normalized spacial score (nSPS) is 10.8. The second-order valence-corrected chi connectivity index (χ2v) is 4.86. The summed E-state index contributed by atoms with van der Waals surface area (Å²) in [5, 5.41) is 10.1. The first-order chi connectivity index (χ1) is 10.0. The molecule has 0 amide bonds. The molecule has 1 aromatic heterocycles. The van der Waals surface area contributed by atoms with Crippen LogP contribution in [-0.2, 0) is 0 Å². The summed E-state index contributed by atoms with van der Waals surface area (Å²) in [5.74, 6) is -1.54. The monoisotopic (exact) mass is 281 g/mol. The summed E-state index contributed by atoms with van der Waals surface area (Å²) >= 11 is 0. The first-order valence-electron chi connectivity index (χ1n) is 6.45. The molecule has 0 aliphatic rings. The SMILES string of the molecule is Cc1ccc2cc(-c3cc(F)ccc3C(=O)O)ccc2n1. The molecule has 1 heterocycles. The molecule has 2 aromatic carbocycles. The largest absolute Gasteiger partial charge is 0.478 e. The highest BCUT2D eigenvalue weighted by Gasteiger charge is 2.13. The summed E-state index contributed by atoms with van der Waals surface area (Å²) in [7, 11) is 0. The number of benzene rings is 2. The molecule has 0 saturated heterocycles. The van der Waals surface area contributed by atoms with Crippen molar-refractivity contribution >= 4 is 16.9 Å². The van der Waals surface area contributed by atoms with Crippen LogP contribution in [0.1, 0.15) is 16.1 Å². The number of pyridine rings is 1. The van der Waals surface area contributed by atoms with Gasteiger partial charge in [0.05, 0.1) is 11.1 Å². The van der Waals surface area contributed by atoms with Gasteiger partial charge in [0.1, 0.15) is 5.82 Å². The van der Waals surface area contributed by atoms with Crippen LogP contribution in [0.2, 0.25) is 0 Å². The lowest BCUT2D eigenvalue weighted by atomic mass is 9.98. The fraction of sp³-hybridized carbons (Fsp3) is 0.0588. The predicted octanol–water partition coefficient (Wildman–Crippen LogP) is 4.05. The average Bonchev–Trinajstić information content (AvgIpc) is 2.46. The smallest absolute Gasteiger partial charge is 0.336 e. The summed E-state index contributed by atoms with van der Waals surface area (Å²) in [6.45, 7) is 1.91. The number of fused-ring (bicyclic) bond motifs is 1. The first kappa shape index (κ1) is 13.2. The van der Waals surface area contributed by atoms with Crippen molar-refractivity contribution in [3.63, 3.8) is 0 Å². The lowest BCUT2D eigenvalue weighted by Crippen LogP contribution is -2.00. The maximum absolute atomic E-state index is 13.5. The van der Waals surface area contributed by atoms with Crippen molar-refractivity contribution in [1.29, 1.82) is 0 Å². The summed E-state index contributed by atoms with van der Waals surface area (Å²) in [6, 6.07) is 12.9. The van der Waals surface area contributed by atoms with Gasteiger partial charge in [0.25, 0.3) is 0 Å². The predicted molar refractivity (Wildman–Crippen MR) is 78.8 cm³/mol. The van der Waals surface area contributed by atoms with Crippen LogP contribution in [0, 0.1) is 12.7 Å². The van der Waals surface area contributed by atoms with Crippen molar-refractivity contribution in [3.8, 4) is 11.1 Å². The standard InChI is InChI=1S/C17H12FNO2/c1-10-2-3-12-8-11(4-7-16(12)19-10)15-9-13(18)5-6-14(15)17(20)21/h2-9H,1H3,(H,20,21). The Balaban J connectivity index is 2.23. The first-order valence-corrected chi connectivity index (χ1v) is 6.45. The molecule has 21 heavy (non-hydrogen) atoms. The molecular weight excluding hydrogens is 269 g/mol. The number of hydrogen-bond acceptors (Lipinski definition) is 2. The molecule has 0 aliphatic heterocycles. The van der Waals surface area contributed by atoms with E-state index in [9.17, 15) is 14.3 Å². The highest BCUT2D eigenvalue weighted by molar-refractivity contribution is 5.97. The Labute approximate surface area is 120 Å². The van der Waals surface area contributed by atoms with Gasteiger partial charge in [-0.25, -0.2) is 9.18 Å². The minimum absolute atomic E-state index is 0.0795. The van der Waals surface area contributed by atoms with Gasteiger partial charge in [-0.2, -0.15) is 0 Å². The number of carboxylic acid groups (broad SMARTS) is 1. The molecule has 1 N–H and O–H groups in total. The molecule has 104 valence electrons. The molecular formula is C17H12FNO2. The fourth-order valence-corrected chi connectivity index (χ4v) is 2.34. The number of rotatable bonds is 2. The van der Waals surface area contributed by atoms with Gasteiger partial charge in [0.2, 0.25) is 0 Å². The van der Waals surface area contributed by atoms with Crippen LogP contribution in [0.5, 0.6) is 0 Å². The number of nitrogens with zero attached hydrogens (tertiary/aromatic N) is 1. The van der Waals surface area contributed by atoms with Crippen molar-refractivity contribution in [3.05, 3.63) is 65.6 Å². The lowest BCUT2D eigenvalue weighted by molar-refractivity contribution is 0.0697. The highest BCUT2D eigenvalue weighted by atomic mass is 19.1. The van der Waals surface area contributed by atoms with Crippen molar-refractivity contribution in [2.75, 3.05) is 0 Å². The Morgan fingerprint density at radius 2 is 1.90 bits per heavy atom. The Bertz CT molecular complexity index is 859. The molecule has 3 nitrogen and oxygen atoms in total. The summed E-state index contributed by atoms with van der Waals surface area (Å²) in [5.41, 5.74) is 2.84. The molecule has 0 bridgehead atoms. The van der Waals surface area contributed by atoms with Gasteiger partial charge in [-0.05, 0) is 54.4 Å². The number of hydrogen-bond donors (Lipinski definition) is 1. The number of carbonyl (C=O) groups is 1. The summed E-state index contributed by atoms with van der Waals surface area (Å²) in [6.07, 6.45) is 0. The maximum Gasteiger partial charge on any atom is 0.336 e. The van der Waals surface area contributed by atoms with Crippen molar-refractivity contribution < 1.29 is 14.3 Å². The second kappa shape index (κ2) is 4.98. The van der Waals surface area contributed by atoms with E-state index in [1.807, 2.05) is 31.2 Å². The van der Waals surface area contributed by atoms with E-state index >= 15 is 0 Å². The zero-order valence-electron chi connectivity index (χ0n) is 11.3. The molecule has 0 aliphatic carbocycles. The molecule has 0 saturated carbocycles. The highest BCUT2D eigenvalue weighted by Crippen LogP contribution is 2.27. The van der Waals surface area contributed by atoms with E-state index in [-0.39, 0.29) is 5.56 Å². The van der Waals surface area contributed by atoms with Gasteiger partial charge in [0.15, 0.2) is 0 Å². The van der Waals surface area contributed by atoms with E-state index in [1.54, 1.807) is 6.07 Å². The third kappa shape index (κ3) is 2.48. The van der Waals surface area contributed by atoms with Crippen LogP contribution in [0.25, 0.3) is 22.0 Å². The van der Waals surface area contributed by atoms with Gasteiger partial charge >= 0.3 is 5.97 Å². The fourth-order valence-electron chi connectivity index (χ4n) is 2.34. The number of carboxylic acids is 1. The second-order valence-electron chi connectivity index (χ2n) is 4.86. The Morgan fingerprint density at radius 1 is 1.10 bits per heavy atom. The molecule has 0 unspecified atom stereocenters. The van der Waals surface area contributed by atoms with E-state index < -0.39 is 11.8 Å². The Morgan fingerprint density at radius 3 is 2.67 bits per heavy atom. The lowest BCUT2D eigenvalue weighted by Gasteiger charge is -2.08. The molecule has 0 spiro atoms. The van der Waals surface area contributed by atoms with Crippen LogP contribution < -0.4 is 0 Å². The van der Waals surface area contributed by atoms with Crippen molar-refractivity contribution in [2.24, 2.45) is 0 Å². The van der Waals surface area contributed by atoms with Gasteiger partial charge in [-0.15, -0.1) is 0 Å². The average molecular weight is 281 g/mol. The molecule has 0 radical (unpaired) electrons. The van der Waals surface area contributed by atoms with Crippen LogP contribution >= 0.6 is 0 Å². The molecule has 0 fully saturated rings. The van der Waals surface area contributed by atoms with Crippen LogP contribution in [0.15, 0.2) is 48.5 Å². The maximum atomic E-state index is 13.5. The van der Waals surface area contributed by atoms with Gasteiger partial charge < -0.3 is 5.11 Å². The molecule has 3 rings (SSSR count). The Kier molecular flexibility index (Phi) is 3.14. The Hall–Kier alpha value is -2.75. The topological polar surface area (TPSA) is 50.2 Å². The quantitative estimate of drug-likeness (QED) is 0.771. The van der Waals surface area contributed by atoms with Crippen LogP contribution in [-0.4, -0.2) is 16.1 Å². The van der Waals surface area contributed by atoms with E-state index in [2.05, 4.69) is 4.98 Å². The number of aryl methyl sites for hydroxylation is 1. The molecule has 0 atom stereocenters. The van der Waals surface area contributed by atoms with Crippen molar-refractivity contribution in [2.45, 2.75) is 6.92 Å². The zero-order valence-corrected chi connectivity index (χ0v) is 11.3. The minimum Gasteiger partial charge on any atom is -0.478 e. The third-order valence-corrected chi connectivity index (χ3v) is 3.35. The summed E-state index contributed by atoms with van der Waals surface area (Å²) < 4.78 is 13.5. The zero-order chi connectivity index (χ0) is 15.0. The van der Waals surface area contributed by atoms with Crippen molar-refractivity contribution in [1.82, 2.24) is 4.98 Å². The molecule has 4 heteroatoms. The van der Waals surface area contributed by atoms with Gasteiger partial charge in [0, 0.05) is 11.1 Å².